The van der Waals surface area contributed by atoms with E-state index < -0.39 is 123 Å². The van der Waals surface area contributed by atoms with E-state index in [1.54, 1.807) is 12.1 Å². The maximum absolute atomic E-state index is 13.3. The number of aliphatic hydroxyl groups is 8. The summed E-state index contributed by atoms with van der Waals surface area (Å²) in [5.41, 5.74) is 1.02. The molecule has 5 rings (SSSR count). The van der Waals surface area contributed by atoms with Crippen LogP contribution < -0.4 is 0 Å². The molecule has 0 unspecified atom stereocenters. The molecule has 0 spiro atoms. The molecule has 0 aromatic heterocycles. The number of hydrogen-bond donors (Lipinski definition) is 11. The van der Waals surface area contributed by atoms with Crippen LogP contribution in [0.5, 0.6) is 17.2 Å². The van der Waals surface area contributed by atoms with Gasteiger partial charge in [-0.3, -0.25) is 0 Å². The lowest BCUT2D eigenvalue weighted by atomic mass is 9.96. The molecular weight excluding hydrogens is 724 g/mol. The standard InChI is InChI=1S/C35H46O19/c1-15-24(41)26(43)29(46)35(50-15)54-32-30(47)34(48-11-10-16-2-6-18(37)7-3-16)52-22(14-49-33-28(45)27(44)25(42)21(13-36)51-33)31(32)53-23(40)9-5-17-4-8-19(38)20(39)12-17/h2-9,12,15,21-22,24-39,41-47H,10-11,13-14H2,1H3/b9-5+/t15-,21+,22+,24-,25+,26+,27-,28+,29+,30+,31+,32+,33+,34+,35-/m0/s1. The van der Waals surface area contributed by atoms with Crippen molar-refractivity contribution in [2.45, 2.75) is 105 Å². The van der Waals surface area contributed by atoms with Crippen molar-refractivity contribution >= 4 is 12.0 Å². The van der Waals surface area contributed by atoms with E-state index in [-0.39, 0.29) is 24.3 Å². The molecule has 0 bridgehead atoms. The molecule has 0 radical (unpaired) electrons. The highest BCUT2D eigenvalue weighted by Gasteiger charge is 2.53. The highest BCUT2D eigenvalue weighted by molar-refractivity contribution is 5.87. The van der Waals surface area contributed by atoms with E-state index in [4.69, 9.17) is 33.2 Å². The summed E-state index contributed by atoms with van der Waals surface area (Å²) < 4.78 is 40.3. The van der Waals surface area contributed by atoms with Gasteiger partial charge >= 0.3 is 5.97 Å². The molecule has 3 saturated heterocycles. The third-order valence-electron chi connectivity index (χ3n) is 9.26. The monoisotopic (exact) mass is 770 g/mol. The number of carbonyl (C=O) groups is 1. The molecule has 11 N–H and O–H groups in total. The van der Waals surface area contributed by atoms with Crippen LogP contribution in [-0.4, -0.2) is 174 Å². The SMILES string of the molecule is C[C@@H]1O[C@@H](O[C@@H]2[C@@H](O)[C@H](OCCc3ccc(O)cc3)O[C@H](CO[C@@H]3O[C@H](CO)[C@@H](O)[C@H](O)[C@H]3O)[C@H]2OC(=O)/C=C/c2ccc(O)c(O)c2)[C@H](O)[C@H](O)[C@H]1O. The Hall–Kier alpha value is -3.51. The molecule has 0 amide bonds. The van der Waals surface area contributed by atoms with Crippen LogP contribution >= 0.6 is 0 Å². The Morgan fingerprint density at radius 2 is 1.35 bits per heavy atom. The Labute approximate surface area is 308 Å². The minimum atomic E-state index is -1.86. The van der Waals surface area contributed by atoms with Crippen molar-refractivity contribution in [3.05, 3.63) is 59.7 Å². The second-order valence-electron chi connectivity index (χ2n) is 13.1. The third kappa shape index (κ3) is 9.83. The van der Waals surface area contributed by atoms with Crippen molar-refractivity contribution in [1.29, 1.82) is 0 Å². The van der Waals surface area contributed by atoms with E-state index in [1.807, 2.05) is 0 Å². The van der Waals surface area contributed by atoms with E-state index in [0.717, 1.165) is 11.6 Å². The Balaban J connectivity index is 1.43. The summed E-state index contributed by atoms with van der Waals surface area (Å²) in [4.78, 5) is 13.3. The summed E-state index contributed by atoms with van der Waals surface area (Å²) in [6.07, 6.45) is -21.9. The highest BCUT2D eigenvalue weighted by atomic mass is 16.8. The van der Waals surface area contributed by atoms with Crippen LogP contribution in [0.1, 0.15) is 18.1 Å². The molecule has 2 aromatic carbocycles. The summed E-state index contributed by atoms with van der Waals surface area (Å²) in [6, 6.07) is 9.97. The molecule has 19 nitrogen and oxygen atoms in total. The van der Waals surface area contributed by atoms with E-state index >= 15 is 0 Å². The summed E-state index contributed by atoms with van der Waals surface area (Å²) >= 11 is 0. The third-order valence-corrected chi connectivity index (χ3v) is 9.26. The van der Waals surface area contributed by atoms with Gasteiger partial charge in [-0.15, -0.1) is 0 Å². The van der Waals surface area contributed by atoms with Gasteiger partial charge in [-0.25, -0.2) is 4.79 Å². The number of rotatable bonds is 13. The topological polar surface area (TPSA) is 304 Å². The minimum absolute atomic E-state index is 0.0451. The second-order valence-corrected chi connectivity index (χ2v) is 13.1. The lowest BCUT2D eigenvalue weighted by molar-refractivity contribution is -0.364. The van der Waals surface area contributed by atoms with E-state index in [2.05, 4.69) is 0 Å². The minimum Gasteiger partial charge on any atom is -0.508 e. The van der Waals surface area contributed by atoms with Crippen molar-refractivity contribution in [3.63, 3.8) is 0 Å². The maximum atomic E-state index is 13.3. The molecule has 2 aromatic rings. The Morgan fingerprint density at radius 3 is 2.04 bits per heavy atom. The molecule has 54 heavy (non-hydrogen) atoms. The number of ether oxygens (including phenoxy) is 7. The van der Waals surface area contributed by atoms with E-state index in [9.17, 15) is 61.0 Å². The number of aromatic hydroxyl groups is 3. The molecule has 3 heterocycles. The zero-order chi connectivity index (χ0) is 39.3. The summed E-state index contributed by atoms with van der Waals surface area (Å²) in [7, 11) is 0. The van der Waals surface area contributed by atoms with Crippen molar-refractivity contribution in [2.75, 3.05) is 19.8 Å². The van der Waals surface area contributed by atoms with Gasteiger partial charge in [0.05, 0.1) is 25.9 Å². The Bertz CT molecular complexity index is 1540. The average Bonchev–Trinajstić information content (AvgIpc) is 3.15. The molecule has 300 valence electrons. The van der Waals surface area contributed by atoms with Gasteiger partial charge in [0.2, 0.25) is 0 Å². The Kier molecular flexibility index (Phi) is 14.2. The fraction of sp³-hybridized carbons (Fsp3) is 0.571. The quantitative estimate of drug-likeness (QED) is 0.0553. The number of hydrogen-bond acceptors (Lipinski definition) is 19. The smallest absolute Gasteiger partial charge is 0.331 e. The van der Waals surface area contributed by atoms with Gasteiger partial charge < -0.3 is 89.3 Å². The predicted octanol–water partition coefficient (Wildman–Crippen LogP) is -2.90. The normalized spacial score (nSPS) is 37.3. The average molecular weight is 771 g/mol. The van der Waals surface area contributed by atoms with Crippen molar-refractivity contribution in [3.8, 4) is 17.2 Å². The van der Waals surface area contributed by atoms with Gasteiger partial charge in [-0.1, -0.05) is 18.2 Å². The molecule has 0 saturated carbocycles. The lowest BCUT2D eigenvalue weighted by Crippen LogP contribution is -2.65. The summed E-state index contributed by atoms with van der Waals surface area (Å²) in [6.45, 7) is -0.0761. The predicted molar refractivity (Wildman–Crippen MR) is 178 cm³/mol. The van der Waals surface area contributed by atoms with Gasteiger partial charge in [0.1, 0.15) is 66.8 Å². The van der Waals surface area contributed by atoms with Crippen LogP contribution in [0.25, 0.3) is 6.08 Å². The van der Waals surface area contributed by atoms with E-state index in [0.29, 0.717) is 0 Å². The highest BCUT2D eigenvalue weighted by Crippen LogP contribution is 2.33. The summed E-state index contributed by atoms with van der Waals surface area (Å²) in [5.74, 6) is -1.87. The number of benzene rings is 2. The first kappa shape index (κ1) is 41.6. The van der Waals surface area contributed by atoms with Crippen molar-refractivity contribution in [1.82, 2.24) is 0 Å². The zero-order valence-corrected chi connectivity index (χ0v) is 28.9. The van der Waals surface area contributed by atoms with Gasteiger partial charge in [-0.05, 0) is 54.8 Å². The van der Waals surface area contributed by atoms with Crippen LogP contribution in [0.4, 0.5) is 0 Å². The molecule has 0 aliphatic carbocycles. The lowest BCUT2D eigenvalue weighted by Gasteiger charge is -2.47. The van der Waals surface area contributed by atoms with Gasteiger partial charge in [0.25, 0.3) is 0 Å². The fourth-order valence-electron chi connectivity index (χ4n) is 6.08. The number of phenols is 3. The van der Waals surface area contributed by atoms with Gasteiger partial charge in [-0.2, -0.15) is 0 Å². The van der Waals surface area contributed by atoms with Crippen LogP contribution in [0.3, 0.4) is 0 Å². The number of esters is 1. The van der Waals surface area contributed by atoms with E-state index in [1.165, 1.54) is 43.3 Å². The molecule has 15 atom stereocenters. The van der Waals surface area contributed by atoms with Crippen LogP contribution in [0.15, 0.2) is 48.5 Å². The van der Waals surface area contributed by atoms with Crippen LogP contribution in [0, 0.1) is 0 Å². The largest absolute Gasteiger partial charge is 0.508 e. The first-order chi connectivity index (χ1) is 25.7. The van der Waals surface area contributed by atoms with Crippen molar-refractivity contribution in [2.24, 2.45) is 0 Å². The van der Waals surface area contributed by atoms with Crippen LogP contribution in [-0.2, 0) is 44.4 Å². The van der Waals surface area contributed by atoms with Gasteiger partial charge in [0, 0.05) is 6.08 Å². The first-order valence-corrected chi connectivity index (χ1v) is 17.1. The summed E-state index contributed by atoms with van der Waals surface area (Å²) in [5, 5.41) is 113. The number of phenolic OH excluding ortho intramolecular Hbond substituents is 3. The number of carbonyl (C=O) groups excluding carboxylic acids is 1. The fourth-order valence-corrected chi connectivity index (χ4v) is 6.08. The molecular formula is C35H46O19. The Morgan fingerprint density at radius 1 is 0.704 bits per heavy atom. The van der Waals surface area contributed by atoms with Crippen molar-refractivity contribution < 1.29 is 94.1 Å². The molecule has 3 aliphatic rings. The molecule has 19 heteroatoms. The second kappa shape index (κ2) is 18.4. The van der Waals surface area contributed by atoms with Crippen LogP contribution in [0.2, 0.25) is 0 Å². The first-order valence-electron chi connectivity index (χ1n) is 17.1. The molecule has 3 fully saturated rings. The zero-order valence-electron chi connectivity index (χ0n) is 28.9. The molecule has 3 aliphatic heterocycles. The van der Waals surface area contributed by atoms with Gasteiger partial charge in [0.15, 0.2) is 36.5 Å². The number of aliphatic hydroxyl groups excluding tert-OH is 8. The maximum Gasteiger partial charge on any atom is 0.331 e.